The molecule has 0 fully saturated rings. The summed E-state index contributed by atoms with van der Waals surface area (Å²) in [5.74, 6) is -0.253. The van der Waals surface area contributed by atoms with Crippen LogP contribution in [0.15, 0.2) is 97.1 Å². The highest BCUT2D eigenvalue weighted by atomic mass is 35.5. The summed E-state index contributed by atoms with van der Waals surface area (Å²) < 4.78 is 33.1. The molecule has 1 aliphatic rings. The van der Waals surface area contributed by atoms with Crippen LogP contribution in [0.2, 0.25) is 5.02 Å². The van der Waals surface area contributed by atoms with Crippen molar-refractivity contribution in [1.82, 2.24) is 10.6 Å². The smallest absolute Gasteiger partial charge is 0.256 e. The fourth-order valence-corrected chi connectivity index (χ4v) is 6.24. The molecular weight excluding hydrogens is 716 g/mol. The molecule has 0 saturated carbocycles. The Balaban J connectivity index is 0.00000627. The van der Waals surface area contributed by atoms with Gasteiger partial charge in [-0.05, 0) is 54.3 Å². The van der Waals surface area contributed by atoms with Gasteiger partial charge in [0, 0.05) is 47.0 Å². The van der Waals surface area contributed by atoms with Crippen molar-refractivity contribution in [2.75, 3.05) is 38.3 Å². The number of methoxy groups -OCH3 is 1. The van der Waals surface area contributed by atoms with Gasteiger partial charge in [-0.1, -0.05) is 105 Å². The number of carbonyl (C=O) groups excluding carboxylic acids is 2. The first-order valence-electron chi connectivity index (χ1n) is 17.5. The highest BCUT2D eigenvalue weighted by molar-refractivity contribution is 6.30. The van der Waals surface area contributed by atoms with Crippen molar-refractivity contribution in [3.8, 4) is 11.5 Å². The number of ether oxygens (including phenoxy) is 3. The van der Waals surface area contributed by atoms with Crippen LogP contribution in [0, 0.1) is 11.2 Å². The third-order valence-electron chi connectivity index (χ3n) is 8.47. The van der Waals surface area contributed by atoms with Crippen molar-refractivity contribution in [3.63, 3.8) is 0 Å². The fourth-order valence-electron chi connectivity index (χ4n) is 6.05. The van der Waals surface area contributed by atoms with Crippen molar-refractivity contribution < 1.29 is 28.2 Å². The van der Waals surface area contributed by atoms with Crippen LogP contribution in [0.3, 0.4) is 0 Å². The number of hydrogen-bond acceptors (Lipinski definition) is 6. The first kappa shape index (κ1) is 41.3. The number of amides is 2. The van der Waals surface area contributed by atoms with Gasteiger partial charge in [0.2, 0.25) is 5.91 Å². The van der Waals surface area contributed by atoms with Crippen molar-refractivity contribution in [2.45, 2.75) is 52.4 Å². The van der Waals surface area contributed by atoms with Crippen LogP contribution in [-0.4, -0.2) is 51.3 Å². The standard InChI is InChI=1S/C42H47ClFN3O5.ClH/c1-42(2,3)28-47-35-21-20-31(43)25-33(35)39(52-37(41(47)49)26-38(48)46-27-30-16-8-9-18-34(30)44)32-17-10-19-36(40(32)50-4)51-24-12-23-45-22-11-15-29-13-6-5-7-14-29;/h5-11,13-21,25,37,39,45H,12,22-24,26-28H2,1-4H3,(H,46,48);1H/b15-11+;/t37-,39-;/m0./s1. The maximum absolute atomic E-state index is 14.3. The molecule has 5 rings (SSSR count). The quantitative estimate of drug-likeness (QED) is 0.118. The molecule has 8 nitrogen and oxygen atoms in total. The molecular formula is C42H48Cl2FN3O5. The van der Waals surface area contributed by atoms with Gasteiger partial charge in [0.25, 0.3) is 5.91 Å². The number of para-hydroxylation sites is 1. The molecule has 2 atom stereocenters. The largest absolute Gasteiger partial charge is 0.492 e. The van der Waals surface area contributed by atoms with Crippen LogP contribution in [0.1, 0.15) is 62.0 Å². The zero-order chi connectivity index (χ0) is 37.1. The van der Waals surface area contributed by atoms with Gasteiger partial charge in [0.15, 0.2) is 11.5 Å². The summed E-state index contributed by atoms with van der Waals surface area (Å²) in [7, 11) is 1.56. The number of hydrogen-bond donors (Lipinski definition) is 2. The van der Waals surface area contributed by atoms with Crippen LogP contribution in [-0.2, 0) is 20.9 Å². The molecule has 0 aromatic heterocycles. The second-order valence-corrected chi connectivity index (χ2v) is 14.3. The van der Waals surface area contributed by atoms with E-state index in [4.69, 9.17) is 25.8 Å². The number of halogens is 3. The summed E-state index contributed by atoms with van der Waals surface area (Å²) in [6, 6.07) is 27.3. The molecule has 11 heteroatoms. The molecule has 0 aliphatic carbocycles. The van der Waals surface area contributed by atoms with Crippen LogP contribution >= 0.6 is 24.0 Å². The molecule has 0 unspecified atom stereocenters. The van der Waals surface area contributed by atoms with Gasteiger partial charge in [0.1, 0.15) is 18.0 Å². The lowest BCUT2D eigenvalue weighted by Gasteiger charge is -2.31. The predicted molar refractivity (Wildman–Crippen MR) is 212 cm³/mol. The van der Waals surface area contributed by atoms with E-state index in [0.29, 0.717) is 52.1 Å². The molecule has 0 spiro atoms. The minimum Gasteiger partial charge on any atom is -0.492 e. The molecule has 4 aromatic carbocycles. The summed E-state index contributed by atoms with van der Waals surface area (Å²) in [6.07, 6.45) is 2.63. The summed E-state index contributed by atoms with van der Waals surface area (Å²) >= 11 is 6.58. The van der Waals surface area contributed by atoms with Gasteiger partial charge in [0.05, 0.1) is 20.1 Å². The fraction of sp³-hybridized carbons (Fsp3) is 0.333. The van der Waals surface area contributed by atoms with Crippen LogP contribution in [0.25, 0.3) is 6.08 Å². The number of carbonyl (C=O) groups is 2. The Bertz CT molecular complexity index is 1850. The van der Waals surface area contributed by atoms with E-state index in [9.17, 15) is 14.0 Å². The minimum absolute atomic E-state index is 0. The lowest BCUT2D eigenvalue weighted by molar-refractivity contribution is -0.138. The van der Waals surface area contributed by atoms with Crippen molar-refractivity contribution in [3.05, 3.63) is 130 Å². The number of fused-ring (bicyclic) bond motifs is 1. The molecule has 0 saturated heterocycles. The molecule has 1 heterocycles. The summed E-state index contributed by atoms with van der Waals surface area (Å²) in [6.45, 7) is 8.38. The van der Waals surface area contributed by atoms with E-state index in [-0.39, 0.29) is 36.7 Å². The van der Waals surface area contributed by atoms with Crippen LogP contribution in [0.5, 0.6) is 11.5 Å². The van der Waals surface area contributed by atoms with E-state index >= 15 is 0 Å². The molecule has 282 valence electrons. The number of anilines is 1. The van der Waals surface area contributed by atoms with E-state index in [1.807, 2.05) is 63.2 Å². The summed E-state index contributed by atoms with van der Waals surface area (Å²) in [5, 5.41) is 6.63. The van der Waals surface area contributed by atoms with E-state index in [1.54, 1.807) is 42.3 Å². The first-order chi connectivity index (χ1) is 25.0. The highest BCUT2D eigenvalue weighted by Gasteiger charge is 2.40. The molecule has 1 aliphatic heterocycles. The third-order valence-corrected chi connectivity index (χ3v) is 8.70. The van der Waals surface area contributed by atoms with E-state index in [2.05, 4.69) is 34.9 Å². The Hall–Kier alpha value is -4.41. The average Bonchev–Trinajstić information content (AvgIpc) is 3.22. The lowest BCUT2D eigenvalue weighted by atomic mass is 9.94. The number of nitrogens with zero attached hydrogens (tertiary/aromatic N) is 1. The Morgan fingerprint density at radius 3 is 2.49 bits per heavy atom. The average molecular weight is 765 g/mol. The zero-order valence-corrected chi connectivity index (χ0v) is 32.1. The maximum Gasteiger partial charge on any atom is 0.256 e. The molecule has 0 bridgehead atoms. The molecule has 53 heavy (non-hydrogen) atoms. The monoisotopic (exact) mass is 763 g/mol. The highest BCUT2D eigenvalue weighted by Crippen LogP contribution is 2.45. The van der Waals surface area contributed by atoms with Gasteiger partial charge in [-0.3, -0.25) is 9.59 Å². The van der Waals surface area contributed by atoms with Crippen molar-refractivity contribution in [1.29, 1.82) is 0 Å². The van der Waals surface area contributed by atoms with E-state index in [1.165, 1.54) is 6.07 Å². The van der Waals surface area contributed by atoms with Gasteiger partial charge < -0.3 is 29.7 Å². The number of rotatable bonds is 15. The van der Waals surface area contributed by atoms with Crippen LogP contribution in [0.4, 0.5) is 10.1 Å². The van der Waals surface area contributed by atoms with E-state index in [0.717, 1.165) is 25.1 Å². The van der Waals surface area contributed by atoms with E-state index < -0.39 is 23.9 Å². The molecule has 0 radical (unpaired) electrons. The Labute approximate surface area is 323 Å². The van der Waals surface area contributed by atoms with Crippen LogP contribution < -0.4 is 25.0 Å². The topological polar surface area (TPSA) is 89.1 Å². The summed E-state index contributed by atoms with van der Waals surface area (Å²) in [4.78, 5) is 29.3. The second-order valence-electron chi connectivity index (χ2n) is 13.9. The molecule has 2 N–H and O–H groups in total. The molecule has 2 amide bonds. The second kappa shape index (κ2) is 19.6. The number of nitrogens with one attached hydrogen (secondary N) is 2. The third kappa shape index (κ3) is 11.5. The Morgan fingerprint density at radius 1 is 1.00 bits per heavy atom. The maximum atomic E-state index is 14.3. The predicted octanol–water partition coefficient (Wildman–Crippen LogP) is 8.56. The van der Waals surface area contributed by atoms with Crippen molar-refractivity contribution in [2.24, 2.45) is 5.41 Å². The normalized spacial score (nSPS) is 15.7. The van der Waals surface area contributed by atoms with Gasteiger partial charge in [-0.15, -0.1) is 12.4 Å². The van der Waals surface area contributed by atoms with Gasteiger partial charge in [-0.25, -0.2) is 4.39 Å². The molecule has 4 aromatic rings. The SMILES string of the molecule is COc1c(OCCCNC/C=C/c2ccccc2)cccc1[C@@H]1O[C@@H](CC(=O)NCc2ccccc2F)C(=O)N(CC(C)(C)C)c2ccc(Cl)cc21.Cl. The zero-order valence-electron chi connectivity index (χ0n) is 30.6. The minimum atomic E-state index is -1.17. The van der Waals surface area contributed by atoms with Gasteiger partial charge in [-0.2, -0.15) is 0 Å². The Kier molecular flexibility index (Phi) is 15.3. The van der Waals surface area contributed by atoms with Crippen molar-refractivity contribution >= 4 is 47.6 Å². The Morgan fingerprint density at radius 2 is 1.75 bits per heavy atom. The first-order valence-corrected chi connectivity index (χ1v) is 17.9. The number of benzene rings is 4. The lowest BCUT2D eigenvalue weighted by Crippen LogP contribution is -2.45. The van der Waals surface area contributed by atoms with Gasteiger partial charge >= 0.3 is 0 Å². The summed E-state index contributed by atoms with van der Waals surface area (Å²) in [5.41, 5.74) is 3.11.